The number of halogens is 1. The lowest BCUT2D eigenvalue weighted by Crippen LogP contribution is -2.49. The Morgan fingerprint density at radius 1 is 1.11 bits per heavy atom. The van der Waals surface area contributed by atoms with Crippen molar-refractivity contribution in [2.45, 2.75) is 46.2 Å². The molecule has 0 saturated heterocycles. The number of benzene rings is 2. The monoisotopic (exact) mass is 386 g/mol. The van der Waals surface area contributed by atoms with Gasteiger partial charge in [-0.2, -0.15) is 0 Å². The first kappa shape index (κ1) is 21.0. The third kappa shape index (κ3) is 5.83. The summed E-state index contributed by atoms with van der Waals surface area (Å²) in [7, 11) is 0. The number of likely N-dealkylation sites (N-methyl/N-ethyl adjacent to an activating group) is 1. The zero-order chi connectivity index (χ0) is 19.8. The van der Waals surface area contributed by atoms with Gasteiger partial charge in [0.2, 0.25) is 11.8 Å². The first-order valence-electron chi connectivity index (χ1n) is 9.32. The lowest BCUT2D eigenvalue weighted by molar-refractivity contribution is -0.140. The molecule has 0 aliphatic carbocycles. The summed E-state index contributed by atoms with van der Waals surface area (Å²) in [5, 5.41) is 3.45. The van der Waals surface area contributed by atoms with Crippen LogP contribution in [0.4, 0.5) is 0 Å². The third-order valence-electron chi connectivity index (χ3n) is 4.58. The van der Waals surface area contributed by atoms with Crippen molar-refractivity contribution in [3.8, 4) is 0 Å². The molecule has 4 nitrogen and oxygen atoms in total. The Morgan fingerprint density at radius 2 is 1.85 bits per heavy atom. The van der Waals surface area contributed by atoms with Gasteiger partial charge >= 0.3 is 0 Å². The van der Waals surface area contributed by atoms with Crippen molar-refractivity contribution in [2.24, 2.45) is 0 Å². The molecule has 2 aromatic rings. The molecule has 0 aliphatic heterocycles. The highest BCUT2D eigenvalue weighted by molar-refractivity contribution is 6.30. The standard InChI is InChI=1S/C22H27ClN2O2/c1-4-20(22(27)24-5-2)25(15-18-11-7-6-9-16(18)3)21(26)14-17-10-8-12-19(23)13-17/h6-13,20H,4-5,14-15H2,1-3H3,(H,24,27)/t20-/m1/s1. The number of hydrogen-bond acceptors (Lipinski definition) is 2. The minimum Gasteiger partial charge on any atom is -0.355 e. The lowest BCUT2D eigenvalue weighted by Gasteiger charge is -2.31. The van der Waals surface area contributed by atoms with E-state index in [2.05, 4.69) is 5.32 Å². The van der Waals surface area contributed by atoms with E-state index in [-0.39, 0.29) is 18.2 Å². The Morgan fingerprint density at radius 3 is 2.48 bits per heavy atom. The van der Waals surface area contributed by atoms with Gasteiger partial charge in [-0.1, -0.05) is 54.9 Å². The maximum atomic E-state index is 13.2. The van der Waals surface area contributed by atoms with Gasteiger partial charge < -0.3 is 10.2 Å². The van der Waals surface area contributed by atoms with Crippen molar-refractivity contribution < 1.29 is 9.59 Å². The summed E-state index contributed by atoms with van der Waals surface area (Å²) < 4.78 is 0. The summed E-state index contributed by atoms with van der Waals surface area (Å²) in [6.45, 7) is 6.77. The second-order valence-electron chi connectivity index (χ2n) is 6.57. The molecule has 0 bridgehead atoms. The maximum Gasteiger partial charge on any atom is 0.242 e. The van der Waals surface area contributed by atoms with Gasteiger partial charge in [-0.3, -0.25) is 9.59 Å². The van der Waals surface area contributed by atoms with E-state index in [0.29, 0.717) is 24.5 Å². The van der Waals surface area contributed by atoms with Gasteiger partial charge in [-0.25, -0.2) is 0 Å². The quantitative estimate of drug-likeness (QED) is 0.741. The van der Waals surface area contributed by atoms with Gasteiger partial charge in [0.15, 0.2) is 0 Å². The van der Waals surface area contributed by atoms with E-state index in [9.17, 15) is 9.59 Å². The first-order valence-corrected chi connectivity index (χ1v) is 9.70. The highest BCUT2D eigenvalue weighted by atomic mass is 35.5. The number of rotatable bonds is 8. The van der Waals surface area contributed by atoms with Crippen LogP contribution in [-0.2, 0) is 22.6 Å². The highest BCUT2D eigenvalue weighted by Gasteiger charge is 2.28. The van der Waals surface area contributed by atoms with E-state index in [1.165, 1.54) is 0 Å². The Balaban J connectivity index is 2.31. The smallest absolute Gasteiger partial charge is 0.242 e. The fourth-order valence-electron chi connectivity index (χ4n) is 3.11. The van der Waals surface area contributed by atoms with E-state index in [0.717, 1.165) is 16.7 Å². The van der Waals surface area contributed by atoms with Gasteiger partial charge in [-0.15, -0.1) is 0 Å². The molecule has 2 aromatic carbocycles. The largest absolute Gasteiger partial charge is 0.355 e. The number of carbonyl (C=O) groups excluding carboxylic acids is 2. The Bertz CT molecular complexity index is 791. The minimum atomic E-state index is -0.503. The zero-order valence-corrected chi connectivity index (χ0v) is 16.9. The van der Waals surface area contributed by atoms with Crippen LogP contribution in [0.25, 0.3) is 0 Å². The first-order chi connectivity index (χ1) is 13.0. The highest BCUT2D eigenvalue weighted by Crippen LogP contribution is 2.18. The topological polar surface area (TPSA) is 49.4 Å². The predicted octanol–water partition coefficient (Wildman–Crippen LogP) is 4.13. The van der Waals surface area contributed by atoms with Crippen LogP contribution in [0.5, 0.6) is 0 Å². The van der Waals surface area contributed by atoms with Gasteiger partial charge in [0, 0.05) is 18.1 Å². The molecule has 0 saturated carbocycles. The van der Waals surface area contributed by atoms with E-state index in [1.54, 1.807) is 17.0 Å². The Labute approximate surface area is 166 Å². The number of aryl methyl sites for hydroxylation is 1. The third-order valence-corrected chi connectivity index (χ3v) is 4.82. The number of nitrogens with zero attached hydrogens (tertiary/aromatic N) is 1. The fraction of sp³-hybridized carbons (Fsp3) is 0.364. The predicted molar refractivity (Wildman–Crippen MR) is 110 cm³/mol. The summed E-state index contributed by atoms with van der Waals surface area (Å²) in [4.78, 5) is 27.4. The van der Waals surface area contributed by atoms with Crippen molar-refractivity contribution >= 4 is 23.4 Å². The Kier molecular flexibility index (Phi) is 7.86. The van der Waals surface area contributed by atoms with Crippen LogP contribution >= 0.6 is 11.6 Å². The molecule has 1 N–H and O–H groups in total. The van der Waals surface area contributed by atoms with Gasteiger partial charge in [0.05, 0.1) is 6.42 Å². The van der Waals surface area contributed by atoms with Crippen LogP contribution in [0.2, 0.25) is 5.02 Å². The molecule has 144 valence electrons. The van der Waals surface area contributed by atoms with E-state index in [4.69, 9.17) is 11.6 Å². The fourth-order valence-corrected chi connectivity index (χ4v) is 3.32. The maximum absolute atomic E-state index is 13.2. The molecule has 2 rings (SSSR count). The number of nitrogens with one attached hydrogen (secondary N) is 1. The molecule has 0 unspecified atom stereocenters. The number of carbonyl (C=O) groups is 2. The van der Waals surface area contributed by atoms with Crippen molar-refractivity contribution in [1.29, 1.82) is 0 Å². The molecule has 0 aliphatic rings. The average molecular weight is 387 g/mol. The number of hydrogen-bond donors (Lipinski definition) is 1. The zero-order valence-electron chi connectivity index (χ0n) is 16.2. The molecular formula is C22H27ClN2O2. The van der Waals surface area contributed by atoms with Crippen LogP contribution in [0.15, 0.2) is 48.5 Å². The molecule has 0 radical (unpaired) electrons. The Hall–Kier alpha value is -2.33. The van der Waals surface area contributed by atoms with Crippen LogP contribution in [0, 0.1) is 6.92 Å². The van der Waals surface area contributed by atoms with E-state index >= 15 is 0 Å². The van der Waals surface area contributed by atoms with Crippen LogP contribution < -0.4 is 5.32 Å². The molecular weight excluding hydrogens is 360 g/mol. The molecule has 0 fully saturated rings. The SMILES string of the molecule is CCNC(=O)[C@@H](CC)N(Cc1ccccc1C)C(=O)Cc1cccc(Cl)c1. The lowest BCUT2D eigenvalue weighted by atomic mass is 10.0. The van der Waals surface area contributed by atoms with Crippen molar-refractivity contribution in [1.82, 2.24) is 10.2 Å². The van der Waals surface area contributed by atoms with Gasteiger partial charge in [0.1, 0.15) is 6.04 Å². The van der Waals surface area contributed by atoms with Gasteiger partial charge in [-0.05, 0) is 49.1 Å². The molecule has 5 heteroatoms. The van der Waals surface area contributed by atoms with Crippen molar-refractivity contribution in [3.05, 3.63) is 70.2 Å². The molecule has 0 spiro atoms. The molecule has 0 aromatic heterocycles. The average Bonchev–Trinajstić information content (AvgIpc) is 2.63. The summed E-state index contributed by atoms with van der Waals surface area (Å²) >= 11 is 6.05. The van der Waals surface area contributed by atoms with E-state index in [1.807, 2.05) is 57.2 Å². The van der Waals surface area contributed by atoms with Crippen molar-refractivity contribution in [3.63, 3.8) is 0 Å². The molecule has 1 atom stereocenters. The minimum absolute atomic E-state index is 0.0846. The number of amides is 2. The van der Waals surface area contributed by atoms with Crippen LogP contribution in [0.3, 0.4) is 0 Å². The van der Waals surface area contributed by atoms with Crippen LogP contribution in [-0.4, -0.2) is 29.3 Å². The summed E-state index contributed by atoms with van der Waals surface area (Å²) in [5.74, 6) is -0.202. The van der Waals surface area contributed by atoms with Gasteiger partial charge in [0.25, 0.3) is 0 Å². The summed E-state index contributed by atoms with van der Waals surface area (Å²) in [5.41, 5.74) is 2.98. The molecule has 27 heavy (non-hydrogen) atoms. The van der Waals surface area contributed by atoms with E-state index < -0.39 is 6.04 Å². The van der Waals surface area contributed by atoms with Crippen LogP contribution in [0.1, 0.15) is 37.0 Å². The second kappa shape index (κ2) is 10.1. The summed E-state index contributed by atoms with van der Waals surface area (Å²) in [6, 6.07) is 14.7. The second-order valence-corrected chi connectivity index (χ2v) is 7.01. The van der Waals surface area contributed by atoms with Crippen molar-refractivity contribution in [2.75, 3.05) is 6.54 Å². The summed E-state index contributed by atoms with van der Waals surface area (Å²) in [6.07, 6.45) is 0.765. The molecule has 0 heterocycles. The molecule has 2 amide bonds. The normalized spacial score (nSPS) is 11.7.